The van der Waals surface area contributed by atoms with E-state index in [9.17, 15) is 4.79 Å². The standard InChI is InChI=1S/C9H15Cl2NO/c1-2-3-4-5-6-8(10)9(11)12-7-13/h8-9H,2-6H2,1H3. The van der Waals surface area contributed by atoms with Crippen LogP contribution in [0.5, 0.6) is 0 Å². The van der Waals surface area contributed by atoms with Crippen LogP contribution in [-0.2, 0) is 4.79 Å². The van der Waals surface area contributed by atoms with Crippen LogP contribution < -0.4 is 0 Å². The topological polar surface area (TPSA) is 29.4 Å². The van der Waals surface area contributed by atoms with Gasteiger partial charge in [-0.15, -0.1) is 11.6 Å². The summed E-state index contributed by atoms with van der Waals surface area (Å²) < 4.78 is 0. The molecule has 0 aromatic heterocycles. The summed E-state index contributed by atoms with van der Waals surface area (Å²) >= 11 is 11.6. The molecule has 0 bridgehead atoms. The average Bonchev–Trinajstić information content (AvgIpc) is 2.12. The van der Waals surface area contributed by atoms with Gasteiger partial charge in [-0.25, -0.2) is 4.79 Å². The maximum absolute atomic E-state index is 9.86. The third-order valence-corrected chi connectivity index (χ3v) is 2.80. The zero-order valence-corrected chi connectivity index (χ0v) is 9.31. The number of rotatable bonds is 7. The molecule has 2 atom stereocenters. The molecular weight excluding hydrogens is 209 g/mol. The lowest BCUT2D eigenvalue weighted by Crippen LogP contribution is -2.11. The van der Waals surface area contributed by atoms with Crippen LogP contribution in [-0.4, -0.2) is 17.0 Å². The lowest BCUT2D eigenvalue weighted by molar-refractivity contribution is 0.557. The third-order valence-electron chi connectivity index (χ3n) is 1.81. The van der Waals surface area contributed by atoms with Crippen molar-refractivity contribution in [3.8, 4) is 0 Å². The van der Waals surface area contributed by atoms with Crippen molar-refractivity contribution in [1.82, 2.24) is 0 Å². The van der Waals surface area contributed by atoms with Gasteiger partial charge in [-0.05, 0) is 6.42 Å². The minimum Gasteiger partial charge on any atom is -0.211 e. The summed E-state index contributed by atoms with van der Waals surface area (Å²) in [5.74, 6) is 0. The van der Waals surface area contributed by atoms with Crippen LogP contribution >= 0.6 is 23.2 Å². The molecule has 0 spiro atoms. The number of unbranched alkanes of at least 4 members (excludes halogenated alkanes) is 3. The van der Waals surface area contributed by atoms with Crippen molar-refractivity contribution in [1.29, 1.82) is 0 Å². The lowest BCUT2D eigenvalue weighted by Gasteiger charge is -2.09. The first-order chi connectivity index (χ1) is 6.22. The number of carbonyl (C=O) groups excluding carboxylic acids is 1. The zero-order valence-electron chi connectivity index (χ0n) is 7.80. The fourth-order valence-electron chi connectivity index (χ4n) is 1.03. The Bertz CT molecular complexity index is 169. The highest BCUT2D eigenvalue weighted by Gasteiger charge is 2.14. The van der Waals surface area contributed by atoms with Gasteiger partial charge in [-0.2, -0.15) is 4.99 Å². The Morgan fingerprint density at radius 3 is 2.54 bits per heavy atom. The molecule has 0 radical (unpaired) electrons. The molecule has 0 saturated heterocycles. The summed E-state index contributed by atoms with van der Waals surface area (Å²) in [5, 5.41) is -0.250. The van der Waals surface area contributed by atoms with Crippen molar-refractivity contribution in [2.75, 3.05) is 0 Å². The number of hydrogen-bond acceptors (Lipinski definition) is 2. The Morgan fingerprint density at radius 1 is 1.31 bits per heavy atom. The minimum atomic E-state index is -0.624. The molecule has 2 unspecified atom stereocenters. The summed E-state index contributed by atoms with van der Waals surface area (Å²) in [5.41, 5.74) is -0.624. The Labute approximate surface area is 89.3 Å². The van der Waals surface area contributed by atoms with Gasteiger partial charge in [0.1, 0.15) is 0 Å². The van der Waals surface area contributed by atoms with Crippen molar-refractivity contribution in [3.05, 3.63) is 0 Å². The van der Waals surface area contributed by atoms with Crippen molar-refractivity contribution < 1.29 is 4.79 Å². The van der Waals surface area contributed by atoms with Crippen LogP contribution in [0.2, 0.25) is 0 Å². The number of halogens is 2. The van der Waals surface area contributed by atoms with E-state index in [1.807, 2.05) is 0 Å². The smallest absolute Gasteiger partial charge is 0.211 e. The second-order valence-electron chi connectivity index (χ2n) is 2.96. The number of hydrogen-bond donors (Lipinski definition) is 0. The molecule has 0 rings (SSSR count). The summed E-state index contributed by atoms with van der Waals surface area (Å²) in [6.45, 7) is 2.15. The first-order valence-electron chi connectivity index (χ1n) is 4.57. The molecule has 0 amide bonds. The first-order valence-corrected chi connectivity index (χ1v) is 5.44. The molecule has 0 aliphatic carbocycles. The third kappa shape index (κ3) is 7.06. The van der Waals surface area contributed by atoms with Gasteiger partial charge in [0.2, 0.25) is 6.08 Å². The normalized spacial score (nSPS) is 14.7. The first kappa shape index (κ1) is 13.0. The summed E-state index contributed by atoms with van der Waals surface area (Å²) in [6.07, 6.45) is 6.83. The average molecular weight is 224 g/mol. The maximum atomic E-state index is 9.86. The van der Waals surface area contributed by atoms with Crippen LogP contribution in [0.15, 0.2) is 4.99 Å². The van der Waals surface area contributed by atoms with Crippen molar-refractivity contribution in [2.45, 2.75) is 49.9 Å². The largest absolute Gasteiger partial charge is 0.236 e. The molecule has 0 aromatic carbocycles. The summed E-state index contributed by atoms with van der Waals surface area (Å²) in [7, 11) is 0. The van der Waals surface area contributed by atoms with Gasteiger partial charge >= 0.3 is 0 Å². The Hall–Kier alpha value is -0.0400. The quantitative estimate of drug-likeness (QED) is 0.214. The molecule has 2 nitrogen and oxygen atoms in total. The second-order valence-corrected chi connectivity index (χ2v) is 3.97. The van der Waals surface area contributed by atoms with Crippen molar-refractivity contribution in [2.24, 2.45) is 4.99 Å². The molecule has 4 heteroatoms. The van der Waals surface area contributed by atoms with Gasteiger partial charge in [0, 0.05) is 0 Å². The van der Waals surface area contributed by atoms with E-state index < -0.39 is 5.50 Å². The molecular formula is C9H15Cl2NO. The minimum absolute atomic E-state index is 0.250. The van der Waals surface area contributed by atoms with E-state index in [2.05, 4.69) is 11.9 Å². The predicted octanol–water partition coefficient (Wildman–Crippen LogP) is 3.46. The fourth-order valence-corrected chi connectivity index (χ4v) is 1.41. The molecule has 0 fully saturated rings. The summed E-state index contributed by atoms with van der Waals surface area (Å²) in [6, 6.07) is 0. The van der Waals surface area contributed by atoms with Crippen LogP contribution in [0.3, 0.4) is 0 Å². The van der Waals surface area contributed by atoms with E-state index in [0.717, 1.165) is 19.3 Å². The van der Waals surface area contributed by atoms with Gasteiger partial charge in [0.15, 0.2) is 5.50 Å². The molecule has 0 aliphatic heterocycles. The van der Waals surface area contributed by atoms with Crippen LogP contribution in [0.25, 0.3) is 0 Å². The molecule has 0 N–H and O–H groups in total. The molecule has 0 aliphatic rings. The van der Waals surface area contributed by atoms with E-state index in [4.69, 9.17) is 23.2 Å². The SMILES string of the molecule is CCCCCCC(Cl)C(Cl)N=C=O. The Kier molecular flexibility index (Phi) is 8.53. The van der Waals surface area contributed by atoms with Gasteiger partial charge in [-0.1, -0.05) is 44.2 Å². The van der Waals surface area contributed by atoms with Crippen LogP contribution in [0, 0.1) is 0 Å². The number of isocyanates is 1. The molecule has 0 aromatic rings. The van der Waals surface area contributed by atoms with Gasteiger partial charge in [0.25, 0.3) is 0 Å². The van der Waals surface area contributed by atoms with Gasteiger partial charge in [-0.3, -0.25) is 0 Å². The van der Waals surface area contributed by atoms with E-state index >= 15 is 0 Å². The maximum Gasteiger partial charge on any atom is 0.236 e. The van der Waals surface area contributed by atoms with Crippen LogP contribution in [0.1, 0.15) is 39.0 Å². The Morgan fingerprint density at radius 2 is 2.00 bits per heavy atom. The summed E-state index contributed by atoms with van der Waals surface area (Å²) in [4.78, 5) is 13.2. The molecule has 0 heterocycles. The second kappa shape index (κ2) is 8.55. The molecule has 0 saturated carbocycles. The van der Waals surface area contributed by atoms with Crippen molar-refractivity contribution in [3.63, 3.8) is 0 Å². The van der Waals surface area contributed by atoms with Crippen LogP contribution in [0.4, 0.5) is 0 Å². The zero-order chi connectivity index (χ0) is 10.1. The number of alkyl halides is 2. The number of aliphatic imine (C=N–C) groups is 1. The Balaban J connectivity index is 3.49. The highest BCUT2D eigenvalue weighted by atomic mass is 35.5. The monoisotopic (exact) mass is 223 g/mol. The lowest BCUT2D eigenvalue weighted by atomic mass is 10.1. The molecule has 76 valence electrons. The molecule has 13 heavy (non-hydrogen) atoms. The van der Waals surface area contributed by atoms with E-state index in [0.29, 0.717) is 0 Å². The van der Waals surface area contributed by atoms with E-state index in [1.54, 1.807) is 0 Å². The highest BCUT2D eigenvalue weighted by molar-refractivity contribution is 6.30. The van der Waals surface area contributed by atoms with Crippen molar-refractivity contribution >= 4 is 29.3 Å². The van der Waals surface area contributed by atoms with E-state index in [-0.39, 0.29) is 5.38 Å². The predicted molar refractivity (Wildman–Crippen MR) is 56.2 cm³/mol. The van der Waals surface area contributed by atoms with E-state index in [1.165, 1.54) is 18.9 Å². The highest BCUT2D eigenvalue weighted by Crippen LogP contribution is 2.18. The fraction of sp³-hybridized carbons (Fsp3) is 0.889. The number of nitrogens with zero attached hydrogens (tertiary/aromatic N) is 1. The van der Waals surface area contributed by atoms with Gasteiger partial charge < -0.3 is 0 Å². The van der Waals surface area contributed by atoms with Gasteiger partial charge in [0.05, 0.1) is 5.38 Å².